The lowest BCUT2D eigenvalue weighted by molar-refractivity contribution is -0.116. The zero-order valence-corrected chi connectivity index (χ0v) is 12.1. The van der Waals surface area contributed by atoms with E-state index in [1.54, 1.807) is 6.07 Å². The van der Waals surface area contributed by atoms with Gasteiger partial charge >= 0.3 is 0 Å². The van der Waals surface area contributed by atoms with E-state index in [2.05, 4.69) is 20.5 Å². The lowest BCUT2D eigenvalue weighted by Crippen LogP contribution is -2.27. The van der Waals surface area contributed by atoms with Crippen LogP contribution in [0.15, 0.2) is 66.0 Å². The second kappa shape index (κ2) is 6.61. The summed E-state index contributed by atoms with van der Waals surface area (Å²) in [5, 5.41) is 9.92. The van der Waals surface area contributed by atoms with E-state index in [0.29, 0.717) is 11.4 Å². The molecule has 3 aromatic rings. The van der Waals surface area contributed by atoms with Crippen LogP contribution in [0.5, 0.6) is 0 Å². The fourth-order valence-electron chi connectivity index (χ4n) is 2.03. The summed E-state index contributed by atoms with van der Waals surface area (Å²) in [6.45, 7) is -0.122. The molecule has 0 bridgehead atoms. The number of nitrogens with one attached hydrogen (secondary N) is 1. The van der Waals surface area contributed by atoms with E-state index < -0.39 is 0 Å². The Labute approximate surface area is 131 Å². The maximum absolute atomic E-state index is 12.1. The van der Waals surface area contributed by atoms with Crippen LogP contribution in [0.2, 0.25) is 0 Å². The largest absolute Gasteiger partial charge is 0.323 e. The average Bonchev–Trinajstić information content (AvgIpc) is 2.58. The molecule has 23 heavy (non-hydrogen) atoms. The quantitative estimate of drug-likeness (QED) is 0.785. The van der Waals surface area contributed by atoms with Crippen molar-refractivity contribution < 1.29 is 4.79 Å². The number of aromatic nitrogens is 4. The summed E-state index contributed by atoms with van der Waals surface area (Å²) in [4.78, 5) is 28.3. The molecular formula is C16H13N5O2. The number of nitrogens with zero attached hydrogens (tertiary/aromatic N) is 4. The molecule has 0 atom stereocenters. The Morgan fingerprint density at radius 2 is 1.96 bits per heavy atom. The van der Waals surface area contributed by atoms with Crippen molar-refractivity contribution in [2.24, 2.45) is 0 Å². The molecule has 0 aliphatic carbocycles. The predicted octanol–water partition coefficient (Wildman–Crippen LogP) is 1.34. The first-order chi connectivity index (χ1) is 11.2. The first kappa shape index (κ1) is 14.6. The number of benzene rings is 1. The molecule has 1 amide bonds. The molecule has 2 heterocycles. The van der Waals surface area contributed by atoms with Gasteiger partial charge in [-0.25, -0.2) is 4.98 Å². The van der Waals surface area contributed by atoms with Crippen LogP contribution in [0.25, 0.3) is 11.3 Å². The van der Waals surface area contributed by atoms with Gasteiger partial charge in [-0.1, -0.05) is 30.3 Å². The third-order valence-electron chi connectivity index (χ3n) is 3.13. The summed E-state index contributed by atoms with van der Waals surface area (Å²) in [5.41, 5.74) is 1.66. The molecule has 3 rings (SSSR count). The van der Waals surface area contributed by atoms with Gasteiger partial charge in [0.15, 0.2) is 0 Å². The second-order valence-corrected chi connectivity index (χ2v) is 4.79. The predicted molar refractivity (Wildman–Crippen MR) is 84.6 cm³/mol. The van der Waals surface area contributed by atoms with Gasteiger partial charge < -0.3 is 5.32 Å². The molecule has 0 fully saturated rings. The number of hydrogen-bond acceptors (Lipinski definition) is 5. The molecule has 0 unspecified atom stereocenters. The summed E-state index contributed by atoms with van der Waals surface area (Å²) in [6.07, 6.45) is 4.27. The number of rotatable bonds is 4. The minimum atomic E-state index is -0.339. The summed E-state index contributed by atoms with van der Waals surface area (Å²) in [7, 11) is 0. The zero-order valence-electron chi connectivity index (χ0n) is 12.1. The van der Waals surface area contributed by atoms with E-state index >= 15 is 0 Å². The van der Waals surface area contributed by atoms with Gasteiger partial charge in [-0.05, 0) is 6.07 Å². The Bertz CT molecular complexity index is 862. The summed E-state index contributed by atoms with van der Waals surface area (Å²) in [5.74, 6) is -0.339. The van der Waals surface area contributed by atoms with Crippen LogP contribution in [0, 0.1) is 0 Å². The van der Waals surface area contributed by atoms with Gasteiger partial charge in [0.25, 0.3) is 5.56 Å². The van der Waals surface area contributed by atoms with Crippen molar-refractivity contribution >= 4 is 11.6 Å². The molecule has 0 saturated heterocycles. The van der Waals surface area contributed by atoms with Gasteiger partial charge in [-0.15, -0.1) is 0 Å². The van der Waals surface area contributed by atoms with Crippen molar-refractivity contribution in [3.8, 4) is 11.3 Å². The summed E-state index contributed by atoms with van der Waals surface area (Å²) in [6, 6.07) is 12.4. The summed E-state index contributed by atoms with van der Waals surface area (Å²) >= 11 is 0. The maximum Gasteiger partial charge on any atom is 0.254 e. The first-order valence-corrected chi connectivity index (χ1v) is 6.91. The SMILES string of the molecule is O=C(Cn1cnc(-c2ccccc2)cc1=O)Nc1ccnnc1. The first-order valence-electron chi connectivity index (χ1n) is 6.91. The molecule has 1 N–H and O–H groups in total. The second-order valence-electron chi connectivity index (χ2n) is 4.79. The van der Waals surface area contributed by atoms with Crippen LogP contribution in [-0.2, 0) is 11.3 Å². The van der Waals surface area contributed by atoms with Crippen LogP contribution in [0.3, 0.4) is 0 Å². The Morgan fingerprint density at radius 3 is 2.65 bits per heavy atom. The average molecular weight is 307 g/mol. The number of amides is 1. The fourth-order valence-corrected chi connectivity index (χ4v) is 2.03. The Hall–Kier alpha value is -3.35. The Morgan fingerprint density at radius 1 is 1.13 bits per heavy atom. The molecule has 0 aliphatic rings. The van der Waals surface area contributed by atoms with Crippen molar-refractivity contribution in [3.63, 3.8) is 0 Å². The minimum Gasteiger partial charge on any atom is -0.323 e. The zero-order chi connectivity index (χ0) is 16.1. The van der Waals surface area contributed by atoms with E-state index in [1.807, 2.05) is 30.3 Å². The molecule has 0 radical (unpaired) electrons. The van der Waals surface area contributed by atoms with E-state index in [1.165, 1.54) is 29.4 Å². The van der Waals surface area contributed by atoms with Crippen LogP contribution >= 0.6 is 0 Å². The summed E-state index contributed by atoms with van der Waals surface area (Å²) < 4.78 is 1.25. The monoisotopic (exact) mass is 307 g/mol. The Kier molecular flexibility index (Phi) is 4.19. The molecule has 7 heteroatoms. The fraction of sp³-hybridized carbons (Fsp3) is 0.0625. The smallest absolute Gasteiger partial charge is 0.254 e. The van der Waals surface area contributed by atoms with Crippen LogP contribution in [0.1, 0.15) is 0 Å². The molecule has 7 nitrogen and oxygen atoms in total. The third-order valence-corrected chi connectivity index (χ3v) is 3.13. The maximum atomic E-state index is 12.1. The molecule has 0 saturated carbocycles. The lowest BCUT2D eigenvalue weighted by atomic mass is 10.1. The number of hydrogen-bond donors (Lipinski definition) is 1. The van der Waals surface area contributed by atoms with Gasteiger partial charge in [0, 0.05) is 11.6 Å². The van der Waals surface area contributed by atoms with Crippen molar-refractivity contribution in [1.82, 2.24) is 19.7 Å². The lowest BCUT2D eigenvalue weighted by Gasteiger charge is -2.07. The molecule has 0 spiro atoms. The van der Waals surface area contributed by atoms with Crippen molar-refractivity contribution in [1.29, 1.82) is 0 Å². The standard InChI is InChI=1S/C16H13N5O2/c22-15(20-13-6-7-18-19-9-13)10-21-11-17-14(8-16(21)23)12-4-2-1-3-5-12/h1-9,11H,10H2,(H,18,20,22). The van der Waals surface area contributed by atoms with Gasteiger partial charge in [-0.3, -0.25) is 14.2 Å². The van der Waals surface area contributed by atoms with E-state index in [0.717, 1.165) is 5.56 Å². The normalized spacial score (nSPS) is 10.3. The highest BCUT2D eigenvalue weighted by Gasteiger charge is 2.07. The number of carbonyl (C=O) groups excluding carboxylic acids is 1. The molecule has 2 aromatic heterocycles. The van der Waals surface area contributed by atoms with Crippen molar-refractivity contribution in [3.05, 3.63) is 71.5 Å². The highest BCUT2D eigenvalue weighted by Crippen LogP contribution is 2.13. The third kappa shape index (κ3) is 3.65. The van der Waals surface area contributed by atoms with Crippen LogP contribution in [-0.4, -0.2) is 25.7 Å². The molecule has 1 aromatic carbocycles. The Balaban J connectivity index is 1.74. The molecule has 114 valence electrons. The van der Waals surface area contributed by atoms with E-state index in [-0.39, 0.29) is 18.0 Å². The number of carbonyl (C=O) groups is 1. The van der Waals surface area contributed by atoms with Crippen molar-refractivity contribution in [2.45, 2.75) is 6.54 Å². The highest BCUT2D eigenvalue weighted by molar-refractivity contribution is 5.90. The van der Waals surface area contributed by atoms with Crippen LogP contribution < -0.4 is 10.9 Å². The molecular weight excluding hydrogens is 294 g/mol. The van der Waals surface area contributed by atoms with Crippen molar-refractivity contribution in [2.75, 3.05) is 5.32 Å². The van der Waals surface area contributed by atoms with Gasteiger partial charge in [-0.2, -0.15) is 10.2 Å². The van der Waals surface area contributed by atoms with E-state index in [9.17, 15) is 9.59 Å². The van der Waals surface area contributed by atoms with Gasteiger partial charge in [0.2, 0.25) is 5.91 Å². The van der Waals surface area contributed by atoms with Gasteiger partial charge in [0.05, 0.1) is 30.1 Å². The minimum absolute atomic E-state index is 0.122. The number of anilines is 1. The van der Waals surface area contributed by atoms with Crippen LogP contribution in [0.4, 0.5) is 5.69 Å². The highest BCUT2D eigenvalue weighted by atomic mass is 16.2. The van der Waals surface area contributed by atoms with E-state index in [4.69, 9.17) is 0 Å². The molecule has 0 aliphatic heterocycles. The topological polar surface area (TPSA) is 89.8 Å². The van der Waals surface area contributed by atoms with Gasteiger partial charge in [0.1, 0.15) is 6.54 Å².